The minimum atomic E-state index is -0.0545. The van der Waals surface area contributed by atoms with Crippen LogP contribution in [0.3, 0.4) is 0 Å². The molecule has 0 spiro atoms. The van der Waals surface area contributed by atoms with E-state index in [0.717, 1.165) is 25.2 Å². The predicted molar refractivity (Wildman–Crippen MR) is 63.6 cm³/mol. The Morgan fingerprint density at radius 1 is 1.06 bits per heavy atom. The van der Waals surface area contributed by atoms with Crippen molar-refractivity contribution in [1.29, 1.82) is 0 Å². The zero-order chi connectivity index (χ0) is 10.8. The van der Waals surface area contributed by atoms with E-state index >= 15 is 0 Å². The van der Waals surface area contributed by atoms with Crippen LogP contribution in [0.5, 0.6) is 5.75 Å². The Kier molecular flexibility index (Phi) is 2.50. The predicted octanol–water partition coefficient (Wildman–Crippen LogP) is 3.36. The van der Waals surface area contributed by atoms with E-state index in [0.29, 0.717) is 0 Å². The minimum absolute atomic E-state index is 0.0545. The maximum Gasteiger partial charge on any atom is 0.199 e. The molecule has 0 saturated carbocycles. The van der Waals surface area contributed by atoms with Gasteiger partial charge < -0.3 is 9.47 Å². The summed E-state index contributed by atoms with van der Waals surface area (Å²) in [6.07, 6.45) is 2.03. The minimum Gasteiger partial charge on any atom is -0.465 e. The second kappa shape index (κ2) is 4.14. The van der Waals surface area contributed by atoms with Crippen molar-refractivity contribution in [1.82, 2.24) is 0 Å². The van der Waals surface area contributed by atoms with Crippen molar-refractivity contribution in [3.8, 4) is 5.75 Å². The van der Waals surface area contributed by atoms with Crippen LogP contribution in [0.25, 0.3) is 10.8 Å². The molecule has 1 fully saturated rings. The van der Waals surface area contributed by atoms with Crippen LogP contribution in [-0.2, 0) is 4.74 Å². The molecule has 1 unspecified atom stereocenters. The van der Waals surface area contributed by atoms with Crippen molar-refractivity contribution in [2.24, 2.45) is 0 Å². The first kappa shape index (κ1) is 9.67. The molecule has 16 heavy (non-hydrogen) atoms. The van der Waals surface area contributed by atoms with E-state index in [4.69, 9.17) is 9.47 Å². The van der Waals surface area contributed by atoms with Crippen LogP contribution in [0.2, 0.25) is 0 Å². The van der Waals surface area contributed by atoms with Gasteiger partial charge in [0.1, 0.15) is 5.75 Å². The van der Waals surface area contributed by atoms with Gasteiger partial charge in [-0.15, -0.1) is 0 Å². The van der Waals surface area contributed by atoms with Gasteiger partial charge >= 0.3 is 0 Å². The van der Waals surface area contributed by atoms with Gasteiger partial charge in [0.25, 0.3) is 0 Å². The standard InChI is InChI=1S/C14H14O2/c1-2-5-12-10-13(8-7-11(12)4-1)16-14-6-3-9-15-14/h1-2,4-5,7-8,10,14H,3,6,9H2. The molecule has 0 amide bonds. The van der Waals surface area contributed by atoms with Crippen LogP contribution in [-0.4, -0.2) is 12.9 Å². The second-order valence-corrected chi connectivity index (χ2v) is 4.07. The summed E-state index contributed by atoms with van der Waals surface area (Å²) in [5.41, 5.74) is 0. The number of hydrogen-bond acceptors (Lipinski definition) is 2. The fourth-order valence-electron chi connectivity index (χ4n) is 2.03. The molecule has 1 saturated heterocycles. The largest absolute Gasteiger partial charge is 0.465 e. The van der Waals surface area contributed by atoms with Crippen LogP contribution in [0.4, 0.5) is 0 Å². The van der Waals surface area contributed by atoms with Crippen LogP contribution in [0.1, 0.15) is 12.8 Å². The molecule has 2 nitrogen and oxygen atoms in total. The van der Waals surface area contributed by atoms with Crippen molar-refractivity contribution in [2.75, 3.05) is 6.61 Å². The van der Waals surface area contributed by atoms with E-state index < -0.39 is 0 Å². The molecule has 2 heteroatoms. The molecule has 2 aromatic rings. The van der Waals surface area contributed by atoms with Gasteiger partial charge in [0.2, 0.25) is 0 Å². The second-order valence-electron chi connectivity index (χ2n) is 4.07. The van der Waals surface area contributed by atoms with Gasteiger partial charge in [-0.2, -0.15) is 0 Å². The molecule has 1 aliphatic rings. The third-order valence-electron chi connectivity index (χ3n) is 2.88. The van der Waals surface area contributed by atoms with E-state index in [2.05, 4.69) is 24.3 Å². The summed E-state index contributed by atoms with van der Waals surface area (Å²) < 4.78 is 11.2. The van der Waals surface area contributed by atoms with Crippen LogP contribution in [0.15, 0.2) is 42.5 Å². The smallest absolute Gasteiger partial charge is 0.199 e. The highest BCUT2D eigenvalue weighted by Crippen LogP contribution is 2.23. The Hall–Kier alpha value is -1.54. The molecule has 1 heterocycles. The van der Waals surface area contributed by atoms with Gasteiger partial charge in [-0.3, -0.25) is 0 Å². The van der Waals surface area contributed by atoms with E-state index in [1.165, 1.54) is 10.8 Å². The van der Waals surface area contributed by atoms with Crippen molar-refractivity contribution < 1.29 is 9.47 Å². The van der Waals surface area contributed by atoms with Crippen molar-refractivity contribution >= 4 is 10.8 Å². The van der Waals surface area contributed by atoms with Gasteiger partial charge in [0.05, 0.1) is 6.61 Å². The van der Waals surface area contributed by atoms with Gasteiger partial charge in [-0.1, -0.05) is 30.3 Å². The number of hydrogen-bond donors (Lipinski definition) is 0. The third kappa shape index (κ3) is 1.89. The van der Waals surface area contributed by atoms with Crippen molar-refractivity contribution in [2.45, 2.75) is 19.1 Å². The Bertz CT molecular complexity index is 487. The molecule has 0 aliphatic carbocycles. The molecule has 0 aromatic heterocycles. The summed E-state index contributed by atoms with van der Waals surface area (Å²) in [4.78, 5) is 0. The van der Waals surface area contributed by atoms with Crippen molar-refractivity contribution in [3.63, 3.8) is 0 Å². The summed E-state index contributed by atoms with van der Waals surface area (Å²) >= 11 is 0. The summed E-state index contributed by atoms with van der Waals surface area (Å²) in [5.74, 6) is 0.894. The zero-order valence-electron chi connectivity index (χ0n) is 9.06. The first-order valence-electron chi connectivity index (χ1n) is 5.69. The Balaban J connectivity index is 1.86. The fourth-order valence-corrected chi connectivity index (χ4v) is 2.03. The highest BCUT2D eigenvalue weighted by atomic mass is 16.7. The lowest BCUT2D eigenvalue weighted by molar-refractivity contribution is -0.0389. The zero-order valence-corrected chi connectivity index (χ0v) is 9.06. The van der Waals surface area contributed by atoms with E-state index in [1.54, 1.807) is 0 Å². The molecule has 82 valence electrons. The monoisotopic (exact) mass is 214 g/mol. The van der Waals surface area contributed by atoms with Crippen LogP contribution >= 0.6 is 0 Å². The average Bonchev–Trinajstić information content (AvgIpc) is 2.82. The maximum atomic E-state index is 5.76. The van der Waals surface area contributed by atoms with E-state index in [-0.39, 0.29) is 6.29 Å². The number of fused-ring (bicyclic) bond motifs is 1. The molecule has 0 radical (unpaired) electrons. The average molecular weight is 214 g/mol. The molecule has 3 rings (SSSR count). The number of benzene rings is 2. The van der Waals surface area contributed by atoms with E-state index in [9.17, 15) is 0 Å². The number of ether oxygens (including phenoxy) is 2. The topological polar surface area (TPSA) is 18.5 Å². The van der Waals surface area contributed by atoms with Gasteiger partial charge in [0, 0.05) is 6.42 Å². The summed E-state index contributed by atoms with van der Waals surface area (Å²) in [5, 5.41) is 2.44. The Labute approximate surface area is 94.8 Å². The highest BCUT2D eigenvalue weighted by Gasteiger charge is 2.16. The molecular weight excluding hydrogens is 200 g/mol. The van der Waals surface area contributed by atoms with Crippen LogP contribution < -0.4 is 4.74 Å². The number of rotatable bonds is 2. The Morgan fingerprint density at radius 3 is 2.75 bits per heavy atom. The SMILES string of the molecule is c1ccc2cc(OC3CCCO3)ccc2c1. The lowest BCUT2D eigenvalue weighted by Crippen LogP contribution is -2.13. The molecule has 0 bridgehead atoms. The molecule has 2 aromatic carbocycles. The fraction of sp³-hybridized carbons (Fsp3) is 0.286. The quantitative estimate of drug-likeness (QED) is 0.763. The molecule has 0 N–H and O–H groups in total. The maximum absolute atomic E-state index is 5.76. The summed E-state index contributed by atoms with van der Waals surface area (Å²) in [7, 11) is 0. The normalized spacial score (nSPS) is 20.1. The first-order chi connectivity index (χ1) is 7.92. The van der Waals surface area contributed by atoms with Crippen LogP contribution in [0, 0.1) is 0 Å². The molecular formula is C14H14O2. The summed E-state index contributed by atoms with van der Waals surface area (Å²) in [6, 6.07) is 14.4. The third-order valence-corrected chi connectivity index (χ3v) is 2.88. The Morgan fingerprint density at radius 2 is 1.94 bits per heavy atom. The lowest BCUT2D eigenvalue weighted by Gasteiger charge is -2.12. The summed E-state index contributed by atoms with van der Waals surface area (Å²) in [6.45, 7) is 0.818. The van der Waals surface area contributed by atoms with E-state index in [1.807, 2.05) is 18.2 Å². The van der Waals surface area contributed by atoms with Gasteiger partial charge in [0.15, 0.2) is 6.29 Å². The van der Waals surface area contributed by atoms with Crippen molar-refractivity contribution in [3.05, 3.63) is 42.5 Å². The first-order valence-corrected chi connectivity index (χ1v) is 5.69. The van der Waals surface area contributed by atoms with Gasteiger partial charge in [-0.25, -0.2) is 0 Å². The highest BCUT2D eigenvalue weighted by molar-refractivity contribution is 5.83. The molecule has 1 aliphatic heterocycles. The van der Waals surface area contributed by atoms with Gasteiger partial charge in [-0.05, 0) is 29.3 Å². The lowest BCUT2D eigenvalue weighted by atomic mass is 10.1. The molecule has 1 atom stereocenters.